The van der Waals surface area contributed by atoms with Crippen molar-refractivity contribution in [2.24, 2.45) is 0 Å². The highest BCUT2D eigenvalue weighted by Gasteiger charge is 2.09. The summed E-state index contributed by atoms with van der Waals surface area (Å²) in [6.45, 7) is 8.75. The van der Waals surface area contributed by atoms with E-state index in [-0.39, 0.29) is 5.82 Å². The first-order valence-electron chi connectivity index (χ1n) is 6.47. The van der Waals surface area contributed by atoms with Crippen LogP contribution in [0.1, 0.15) is 19.4 Å². The van der Waals surface area contributed by atoms with Crippen molar-refractivity contribution in [3.63, 3.8) is 0 Å². The number of benzene rings is 1. The topological polar surface area (TPSA) is 35.5 Å². The highest BCUT2D eigenvalue weighted by molar-refractivity contribution is 5.46. The van der Waals surface area contributed by atoms with Gasteiger partial charge in [-0.2, -0.15) is 0 Å². The van der Waals surface area contributed by atoms with E-state index in [0.29, 0.717) is 18.8 Å². The van der Waals surface area contributed by atoms with Gasteiger partial charge >= 0.3 is 0 Å². The molecule has 2 N–H and O–H groups in total. The van der Waals surface area contributed by atoms with Crippen LogP contribution in [0, 0.1) is 12.7 Å². The van der Waals surface area contributed by atoms with Crippen LogP contribution in [0.2, 0.25) is 0 Å². The Morgan fingerprint density at radius 3 is 2.56 bits per heavy atom. The first kappa shape index (κ1) is 14.9. The van der Waals surface area contributed by atoms with E-state index in [0.717, 1.165) is 18.7 Å². The van der Waals surface area contributed by atoms with Gasteiger partial charge in [0.2, 0.25) is 0 Å². The number of nitrogens with zero attached hydrogens (tertiary/aromatic N) is 1. The molecule has 1 aromatic rings. The minimum atomic E-state index is -0.495. The lowest BCUT2D eigenvalue weighted by Gasteiger charge is -2.22. The lowest BCUT2D eigenvalue weighted by Crippen LogP contribution is -2.36. The molecule has 0 saturated carbocycles. The highest BCUT2D eigenvalue weighted by atomic mass is 19.1. The van der Waals surface area contributed by atoms with Crippen LogP contribution >= 0.6 is 0 Å². The first-order chi connectivity index (χ1) is 8.56. The Balaban J connectivity index is 2.44. The van der Waals surface area contributed by atoms with Crippen LogP contribution in [-0.4, -0.2) is 42.3 Å². The zero-order chi connectivity index (χ0) is 13.5. The number of nitrogens with one attached hydrogen (secondary N) is 1. The van der Waals surface area contributed by atoms with Crippen molar-refractivity contribution in [3.8, 4) is 0 Å². The van der Waals surface area contributed by atoms with Crippen LogP contribution in [0.5, 0.6) is 0 Å². The number of aryl methyl sites for hydroxylation is 1. The molecule has 3 nitrogen and oxygen atoms in total. The summed E-state index contributed by atoms with van der Waals surface area (Å²) in [4.78, 5) is 2.14. The molecule has 0 aliphatic rings. The summed E-state index contributed by atoms with van der Waals surface area (Å²) in [5.41, 5.74) is 1.33. The number of hydrogen-bond acceptors (Lipinski definition) is 3. The fraction of sp³-hybridized carbons (Fsp3) is 0.571. The van der Waals surface area contributed by atoms with Gasteiger partial charge in [-0.25, -0.2) is 4.39 Å². The molecule has 18 heavy (non-hydrogen) atoms. The predicted molar refractivity (Wildman–Crippen MR) is 73.4 cm³/mol. The average Bonchev–Trinajstić information content (AvgIpc) is 2.35. The summed E-state index contributed by atoms with van der Waals surface area (Å²) < 4.78 is 13.5. The molecule has 0 spiro atoms. The van der Waals surface area contributed by atoms with Crippen molar-refractivity contribution in [1.29, 1.82) is 0 Å². The molecule has 0 aliphatic carbocycles. The molecule has 1 unspecified atom stereocenters. The summed E-state index contributed by atoms with van der Waals surface area (Å²) in [7, 11) is 0. The highest BCUT2D eigenvalue weighted by Crippen LogP contribution is 2.15. The Bertz CT molecular complexity index is 367. The second-order valence-corrected chi connectivity index (χ2v) is 4.50. The molecular weight excluding hydrogens is 231 g/mol. The Morgan fingerprint density at radius 1 is 1.33 bits per heavy atom. The minimum absolute atomic E-state index is 0.273. The molecule has 1 aromatic carbocycles. The van der Waals surface area contributed by atoms with Gasteiger partial charge in [0, 0.05) is 13.1 Å². The molecule has 1 atom stereocenters. The second kappa shape index (κ2) is 7.34. The number of aliphatic hydroxyl groups is 1. The van der Waals surface area contributed by atoms with Crippen molar-refractivity contribution >= 4 is 5.69 Å². The number of halogens is 1. The van der Waals surface area contributed by atoms with E-state index in [1.54, 1.807) is 6.07 Å². The lowest BCUT2D eigenvalue weighted by atomic mass is 10.2. The molecule has 0 saturated heterocycles. The zero-order valence-corrected chi connectivity index (χ0v) is 11.4. The first-order valence-corrected chi connectivity index (χ1v) is 6.47. The SMILES string of the molecule is CCN(CC)CC(O)CNc1ccc(C)cc1F. The normalized spacial score (nSPS) is 12.8. The zero-order valence-electron chi connectivity index (χ0n) is 11.4. The van der Waals surface area contributed by atoms with Crippen molar-refractivity contribution in [3.05, 3.63) is 29.6 Å². The van der Waals surface area contributed by atoms with Gasteiger partial charge in [-0.3, -0.25) is 0 Å². The van der Waals surface area contributed by atoms with Gasteiger partial charge < -0.3 is 15.3 Å². The van der Waals surface area contributed by atoms with Crippen LogP contribution in [0.15, 0.2) is 18.2 Å². The second-order valence-electron chi connectivity index (χ2n) is 4.50. The summed E-state index contributed by atoms with van der Waals surface area (Å²) in [5.74, 6) is -0.273. The maximum absolute atomic E-state index is 13.5. The number of rotatable bonds is 7. The van der Waals surface area contributed by atoms with Crippen LogP contribution in [0.3, 0.4) is 0 Å². The molecule has 4 heteroatoms. The van der Waals surface area contributed by atoms with E-state index in [2.05, 4.69) is 24.1 Å². The summed E-state index contributed by atoms with van der Waals surface area (Å²) in [6.07, 6.45) is -0.495. The molecule has 0 aromatic heterocycles. The van der Waals surface area contributed by atoms with Crippen LogP contribution < -0.4 is 5.32 Å². The Morgan fingerprint density at radius 2 is 2.00 bits per heavy atom. The van der Waals surface area contributed by atoms with E-state index >= 15 is 0 Å². The van der Waals surface area contributed by atoms with E-state index < -0.39 is 6.10 Å². The summed E-state index contributed by atoms with van der Waals surface area (Å²) >= 11 is 0. The van der Waals surface area contributed by atoms with E-state index in [9.17, 15) is 9.50 Å². The summed E-state index contributed by atoms with van der Waals surface area (Å²) in [6, 6.07) is 5.04. The van der Waals surface area contributed by atoms with Crippen molar-refractivity contribution in [1.82, 2.24) is 4.90 Å². The number of hydrogen-bond donors (Lipinski definition) is 2. The Labute approximate surface area is 109 Å². The largest absolute Gasteiger partial charge is 0.390 e. The third kappa shape index (κ3) is 4.63. The van der Waals surface area contributed by atoms with Gasteiger partial charge in [-0.1, -0.05) is 19.9 Å². The molecule has 0 radical (unpaired) electrons. The fourth-order valence-electron chi connectivity index (χ4n) is 1.84. The van der Waals surface area contributed by atoms with Crippen molar-refractivity contribution in [2.75, 3.05) is 31.5 Å². The number of likely N-dealkylation sites (N-methyl/N-ethyl adjacent to an activating group) is 1. The van der Waals surface area contributed by atoms with Crippen LogP contribution in [0.4, 0.5) is 10.1 Å². The molecular formula is C14H23FN2O. The van der Waals surface area contributed by atoms with Crippen molar-refractivity contribution in [2.45, 2.75) is 26.9 Å². The smallest absolute Gasteiger partial charge is 0.146 e. The van der Waals surface area contributed by atoms with Gasteiger partial charge in [0.15, 0.2) is 0 Å². The van der Waals surface area contributed by atoms with Crippen molar-refractivity contribution < 1.29 is 9.50 Å². The van der Waals surface area contributed by atoms with E-state index in [1.165, 1.54) is 6.07 Å². The van der Waals surface area contributed by atoms with Gasteiger partial charge in [-0.05, 0) is 37.7 Å². The van der Waals surface area contributed by atoms with Crippen LogP contribution in [-0.2, 0) is 0 Å². The lowest BCUT2D eigenvalue weighted by molar-refractivity contribution is 0.128. The molecule has 0 aliphatic heterocycles. The molecule has 0 bridgehead atoms. The minimum Gasteiger partial charge on any atom is -0.390 e. The van der Waals surface area contributed by atoms with Gasteiger partial charge in [0.1, 0.15) is 5.82 Å². The third-order valence-electron chi connectivity index (χ3n) is 3.02. The van der Waals surface area contributed by atoms with Gasteiger partial charge in [-0.15, -0.1) is 0 Å². The number of aliphatic hydroxyl groups excluding tert-OH is 1. The predicted octanol–water partition coefficient (Wildman–Crippen LogP) is 2.25. The fourth-order valence-corrected chi connectivity index (χ4v) is 1.84. The maximum Gasteiger partial charge on any atom is 0.146 e. The standard InChI is InChI=1S/C14H23FN2O/c1-4-17(5-2)10-12(18)9-16-14-7-6-11(3)8-13(14)15/h6-8,12,16,18H,4-5,9-10H2,1-3H3. The maximum atomic E-state index is 13.5. The molecule has 1 rings (SSSR count). The van der Waals surface area contributed by atoms with E-state index in [1.807, 2.05) is 13.0 Å². The number of anilines is 1. The average molecular weight is 254 g/mol. The van der Waals surface area contributed by atoms with Gasteiger partial charge in [0.05, 0.1) is 11.8 Å². The molecule has 0 fully saturated rings. The molecule has 102 valence electrons. The molecule has 0 heterocycles. The quantitative estimate of drug-likeness (QED) is 0.783. The summed E-state index contributed by atoms with van der Waals surface area (Å²) in [5, 5.41) is 12.8. The van der Waals surface area contributed by atoms with E-state index in [4.69, 9.17) is 0 Å². The Hall–Kier alpha value is -1.13. The Kier molecular flexibility index (Phi) is 6.09. The van der Waals surface area contributed by atoms with Crippen LogP contribution in [0.25, 0.3) is 0 Å². The monoisotopic (exact) mass is 254 g/mol. The third-order valence-corrected chi connectivity index (χ3v) is 3.02. The van der Waals surface area contributed by atoms with Gasteiger partial charge in [0.25, 0.3) is 0 Å². The molecule has 0 amide bonds.